The van der Waals surface area contributed by atoms with Gasteiger partial charge < -0.3 is 10.4 Å². The molecular weight excluding hydrogens is 250 g/mol. The standard InChI is InChI=1S/C17H23NO2/c1-14-7-3-4-8-15(14)9-10-16(20)18-17(13-19)11-5-2-6-12-17/h3-4,7-10,19H,2,5-6,11-13H2,1H3,(H,18,20). The van der Waals surface area contributed by atoms with Crippen LogP contribution in [0.3, 0.4) is 0 Å². The Bertz CT molecular complexity index is 488. The van der Waals surface area contributed by atoms with Gasteiger partial charge in [-0.1, -0.05) is 43.5 Å². The predicted molar refractivity (Wildman–Crippen MR) is 81.3 cm³/mol. The summed E-state index contributed by atoms with van der Waals surface area (Å²) in [5.41, 5.74) is 1.78. The van der Waals surface area contributed by atoms with Crippen molar-refractivity contribution < 1.29 is 9.90 Å². The van der Waals surface area contributed by atoms with Crippen LogP contribution in [-0.2, 0) is 4.79 Å². The van der Waals surface area contributed by atoms with E-state index in [2.05, 4.69) is 5.32 Å². The Morgan fingerprint density at radius 2 is 2.00 bits per heavy atom. The van der Waals surface area contributed by atoms with E-state index in [-0.39, 0.29) is 12.5 Å². The molecule has 108 valence electrons. The van der Waals surface area contributed by atoms with Gasteiger partial charge in [-0.2, -0.15) is 0 Å². The van der Waals surface area contributed by atoms with Gasteiger partial charge in [-0.05, 0) is 37.0 Å². The number of hydrogen-bond donors (Lipinski definition) is 2. The van der Waals surface area contributed by atoms with E-state index in [0.29, 0.717) is 0 Å². The number of benzene rings is 1. The number of nitrogens with one attached hydrogen (secondary N) is 1. The molecule has 3 heteroatoms. The third-order valence-corrected chi connectivity index (χ3v) is 4.10. The minimum Gasteiger partial charge on any atom is -0.394 e. The Kier molecular flexibility index (Phi) is 4.96. The fourth-order valence-electron chi connectivity index (χ4n) is 2.79. The third-order valence-electron chi connectivity index (χ3n) is 4.10. The first-order valence-electron chi connectivity index (χ1n) is 7.32. The van der Waals surface area contributed by atoms with Crippen LogP contribution in [-0.4, -0.2) is 23.2 Å². The van der Waals surface area contributed by atoms with Gasteiger partial charge in [-0.3, -0.25) is 4.79 Å². The summed E-state index contributed by atoms with van der Waals surface area (Å²) in [6.07, 6.45) is 8.47. The van der Waals surface area contributed by atoms with Gasteiger partial charge in [0.05, 0.1) is 12.1 Å². The summed E-state index contributed by atoms with van der Waals surface area (Å²) >= 11 is 0. The molecule has 0 aromatic heterocycles. The van der Waals surface area contributed by atoms with Crippen LogP contribution in [0.15, 0.2) is 30.3 Å². The van der Waals surface area contributed by atoms with Gasteiger partial charge in [0.15, 0.2) is 0 Å². The van der Waals surface area contributed by atoms with Crippen LogP contribution < -0.4 is 5.32 Å². The molecule has 0 saturated heterocycles. The third kappa shape index (κ3) is 3.70. The van der Waals surface area contributed by atoms with Crippen LogP contribution in [0.25, 0.3) is 6.08 Å². The zero-order valence-corrected chi connectivity index (χ0v) is 12.1. The van der Waals surface area contributed by atoms with Crippen molar-refractivity contribution in [2.24, 2.45) is 0 Å². The first kappa shape index (κ1) is 14.8. The maximum Gasteiger partial charge on any atom is 0.244 e. The van der Waals surface area contributed by atoms with Crippen molar-refractivity contribution in [2.75, 3.05) is 6.61 Å². The smallest absolute Gasteiger partial charge is 0.244 e. The van der Waals surface area contributed by atoms with Crippen LogP contribution >= 0.6 is 0 Å². The van der Waals surface area contributed by atoms with E-state index in [0.717, 1.165) is 36.8 Å². The molecule has 1 amide bonds. The predicted octanol–water partition coefficient (Wildman–Crippen LogP) is 2.82. The number of hydrogen-bond acceptors (Lipinski definition) is 2. The van der Waals surface area contributed by atoms with E-state index in [9.17, 15) is 9.90 Å². The number of aryl methyl sites for hydroxylation is 1. The first-order chi connectivity index (χ1) is 9.65. The molecule has 2 N–H and O–H groups in total. The number of aliphatic hydroxyl groups excluding tert-OH is 1. The van der Waals surface area contributed by atoms with Crippen molar-refractivity contribution in [2.45, 2.75) is 44.6 Å². The van der Waals surface area contributed by atoms with Crippen LogP contribution in [0.4, 0.5) is 0 Å². The molecule has 0 heterocycles. The van der Waals surface area contributed by atoms with Crippen molar-refractivity contribution in [1.29, 1.82) is 0 Å². The SMILES string of the molecule is Cc1ccccc1C=CC(=O)NC1(CO)CCCCC1. The molecule has 1 aliphatic rings. The Balaban J connectivity index is 1.99. The highest BCUT2D eigenvalue weighted by molar-refractivity contribution is 5.92. The topological polar surface area (TPSA) is 49.3 Å². The lowest BCUT2D eigenvalue weighted by Crippen LogP contribution is -2.52. The molecular formula is C17H23NO2. The maximum absolute atomic E-state index is 12.1. The quantitative estimate of drug-likeness (QED) is 0.829. The highest BCUT2D eigenvalue weighted by atomic mass is 16.3. The minimum atomic E-state index is -0.411. The Labute approximate surface area is 120 Å². The average molecular weight is 273 g/mol. The van der Waals surface area contributed by atoms with E-state index < -0.39 is 5.54 Å². The van der Waals surface area contributed by atoms with Gasteiger partial charge in [-0.25, -0.2) is 0 Å². The Hall–Kier alpha value is -1.61. The highest BCUT2D eigenvalue weighted by Crippen LogP contribution is 2.27. The van der Waals surface area contributed by atoms with Gasteiger partial charge in [0.25, 0.3) is 0 Å². The Morgan fingerprint density at radius 3 is 2.65 bits per heavy atom. The number of rotatable bonds is 4. The summed E-state index contributed by atoms with van der Waals surface area (Å²) < 4.78 is 0. The zero-order valence-electron chi connectivity index (χ0n) is 12.1. The van der Waals surface area contributed by atoms with E-state index in [4.69, 9.17) is 0 Å². The van der Waals surface area contributed by atoms with E-state index in [1.165, 1.54) is 6.42 Å². The monoisotopic (exact) mass is 273 g/mol. The lowest BCUT2D eigenvalue weighted by atomic mass is 9.82. The van der Waals surface area contributed by atoms with Crippen molar-refractivity contribution in [3.05, 3.63) is 41.5 Å². The lowest BCUT2D eigenvalue weighted by Gasteiger charge is -2.36. The summed E-state index contributed by atoms with van der Waals surface area (Å²) in [4.78, 5) is 12.1. The van der Waals surface area contributed by atoms with Gasteiger partial charge in [0, 0.05) is 6.08 Å². The second kappa shape index (κ2) is 6.71. The average Bonchev–Trinajstić information content (AvgIpc) is 2.47. The summed E-state index contributed by atoms with van der Waals surface area (Å²) in [6, 6.07) is 7.95. The molecule has 1 aliphatic carbocycles. The second-order valence-corrected chi connectivity index (χ2v) is 5.68. The first-order valence-corrected chi connectivity index (χ1v) is 7.32. The van der Waals surface area contributed by atoms with Crippen LogP contribution in [0.5, 0.6) is 0 Å². The lowest BCUT2D eigenvalue weighted by molar-refractivity contribution is -0.119. The van der Waals surface area contributed by atoms with Gasteiger partial charge in [0.1, 0.15) is 0 Å². The normalized spacial score (nSPS) is 18.1. The van der Waals surface area contributed by atoms with Crippen LogP contribution in [0, 0.1) is 6.92 Å². The van der Waals surface area contributed by atoms with Crippen LogP contribution in [0.1, 0.15) is 43.2 Å². The fraction of sp³-hybridized carbons (Fsp3) is 0.471. The van der Waals surface area contributed by atoms with E-state index in [1.807, 2.05) is 37.3 Å². The van der Waals surface area contributed by atoms with Crippen molar-refractivity contribution in [3.8, 4) is 0 Å². The van der Waals surface area contributed by atoms with E-state index >= 15 is 0 Å². The van der Waals surface area contributed by atoms with Crippen molar-refractivity contribution >= 4 is 12.0 Å². The molecule has 1 fully saturated rings. The minimum absolute atomic E-state index is 0.0247. The summed E-state index contributed by atoms with van der Waals surface area (Å²) in [5, 5.41) is 12.6. The molecule has 1 aromatic rings. The number of carbonyl (C=O) groups excluding carboxylic acids is 1. The Morgan fingerprint density at radius 1 is 1.30 bits per heavy atom. The van der Waals surface area contributed by atoms with Gasteiger partial charge in [-0.15, -0.1) is 0 Å². The van der Waals surface area contributed by atoms with Crippen molar-refractivity contribution in [1.82, 2.24) is 5.32 Å². The van der Waals surface area contributed by atoms with Crippen LogP contribution in [0.2, 0.25) is 0 Å². The molecule has 3 nitrogen and oxygen atoms in total. The molecule has 20 heavy (non-hydrogen) atoms. The van der Waals surface area contributed by atoms with Gasteiger partial charge >= 0.3 is 0 Å². The largest absolute Gasteiger partial charge is 0.394 e. The number of amides is 1. The van der Waals surface area contributed by atoms with Gasteiger partial charge in [0.2, 0.25) is 5.91 Å². The molecule has 0 atom stereocenters. The molecule has 0 unspecified atom stereocenters. The molecule has 1 aromatic carbocycles. The molecule has 1 saturated carbocycles. The number of aliphatic hydroxyl groups is 1. The molecule has 2 rings (SSSR count). The summed E-state index contributed by atoms with van der Waals surface area (Å²) in [6.45, 7) is 2.05. The molecule has 0 bridgehead atoms. The second-order valence-electron chi connectivity index (χ2n) is 5.68. The molecule has 0 aliphatic heterocycles. The summed E-state index contributed by atoms with van der Waals surface area (Å²) in [7, 11) is 0. The zero-order chi connectivity index (χ0) is 14.4. The number of carbonyl (C=O) groups is 1. The molecule has 0 spiro atoms. The van der Waals surface area contributed by atoms with Crippen molar-refractivity contribution in [3.63, 3.8) is 0 Å². The fourth-order valence-corrected chi connectivity index (χ4v) is 2.79. The highest BCUT2D eigenvalue weighted by Gasteiger charge is 2.32. The maximum atomic E-state index is 12.1. The van der Waals surface area contributed by atoms with E-state index in [1.54, 1.807) is 6.08 Å². The molecule has 0 radical (unpaired) electrons. The summed E-state index contributed by atoms with van der Waals surface area (Å²) in [5.74, 6) is -0.121.